The van der Waals surface area contributed by atoms with Gasteiger partial charge in [0, 0.05) is 10.7 Å². The van der Waals surface area contributed by atoms with Crippen LogP contribution in [0.4, 0.5) is 0 Å². The zero-order valence-corrected chi connectivity index (χ0v) is 3.62. The molecule has 0 heterocycles. The average Bonchev–Trinajstić information content (AvgIpc) is 1.38. The van der Waals surface area contributed by atoms with Crippen LogP contribution in [0.3, 0.4) is 0 Å². The van der Waals surface area contributed by atoms with E-state index in [9.17, 15) is 0 Å². The van der Waals surface area contributed by atoms with Crippen LogP contribution < -0.4 is 0 Å². The Kier molecular flexibility index (Phi) is 2.31. The number of hydrogen-bond donors (Lipinski definition) is 0. The summed E-state index contributed by atoms with van der Waals surface area (Å²) in [5.41, 5.74) is 0. The van der Waals surface area contributed by atoms with Gasteiger partial charge < -0.3 is 0 Å². The van der Waals surface area contributed by atoms with Crippen molar-refractivity contribution >= 4 is 21.8 Å². The van der Waals surface area contributed by atoms with E-state index in [1.165, 1.54) is 0 Å². The van der Waals surface area contributed by atoms with Gasteiger partial charge in [-0.2, -0.15) is 0 Å². The summed E-state index contributed by atoms with van der Waals surface area (Å²) in [4.78, 5) is 9.00. The quantitative estimate of drug-likeness (QED) is 0.290. The fourth-order valence-corrected chi connectivity index (χ4v) is 0. The van der Waals surface area contributed by atoms with E-state index in [0.717, 1.165) is 0 Å². The van der Waals surface area contributed by atoms with E-state index in [4.69, 9.17) is 10.1 Å². The Bertz CT molecular complexity index is 44.9. The van der Waals surface area contributed by atoms with Crippen LogP contribution in [0.25, 0.3) is 0 Å². The molecule has 5 heavy (non-hydrogen) atoms. The van der Waals surface area contributed by atoms with Crippen molar-refractivity contribution in [2.45, 2.75) is 0 Å². The van der Waals surface area contributed by atoms with Gasteiger partial charge >= 0.3 is 11.2 Å². The van der Waals surface area contributed by atoms with E-state index < -0.39 is 4.33 Å². The number of halogens is 1. The maximum atomic E-state index is 9.00. The Balaban J connectivity index is 2.85. The lowest BCUT2D eigenvalue weighted by atomic mass is 13.4. The molecule has 0 aliphatic rings. The van der Waals surface area contributed by atoms with Crippen LogP contribution in [0, 0.1) is 10.1 Å². The Labute approximate surface area is 37.1 Å². The molecule has 0 saturated carbocycles. The molecule has 0 N–H and O–H groups in total. The Hall–Kier alpha value is 0.0400. The first-order valence-electron chi connectivity index (χ1n) is 0.702. The topological polar surface area (TPSA) is 43.1 Å². The molecule has 0 atom stereocenters. The molecule has 0 aliphatic heterocycles. The van der Waals surface area contributed by atoms with Gasteiger partial charge in [0.15, 0.2) is 0 Å². The summed E-state index contributed by atoms with van der Waals surface area (Å²) < 4.78 is -0.693. The predicted molar refractivity (Wildman–Crippen MR) is 20.4 cm³/mol. The Morgan fingerprint density at radius 3 is 2.20 bits per heavy atom. The van der Waals surface area contributed by atoms with Crippen molar-refractivity contribution in [3.8, 4) is 0 Å². The SMILES string of the molecule is O=[N+]([O-])SCl. The normalized spacial score (nSPS) is 7.40. The van der Waals surface area contributed by atoms with E-state index >= 15 is 0 Å². The van der Waals surface area contributed by atoms with Crippen molar-refractivity contribution in [3.05, 3.63) is 10.1 Å². The minimum absolute atomic E-state index is 0.0741. The molecule has 5 heteroatoms. The van der Waals surface area contributed by atoms with Crippen LogP contribution in [-0.2, 0) is 0 Å². The third-order valence-electron chi connectivity index (χ3n) is 0.0563. The van der Waals surface area contributed by atoms with Crippen LogP contribution in [-0.4, -0.2) is 4.33 Å². The third-order valence-corrected chi connectivity index (χ3v) is 0.507. The van der Waals surface area contributed by atoms with Crippen LogP contribution in [0.1, 0.15) is 0 Å². The standard InChI is InChI=1S/ClNO2S/c1-5-2(3)4. The minimum atomic E-state index is -0.693. The summed E-state index contributed by atoms with van der Waals surface area (Å²) in [5.74, 6) is 0. The molecule has 0 amide bonds. The van der Waals surface area contributed by atoms with Gasteiger partial charge in [-0.3, -0.25) is 0 Å². The molecule has 0 aliphatic carbocycles. The monoisotopic (exact) mass is 113 g/mol. The largest absolute Gasteiger partial charge is 0.341 e. The van der Waals surface area contributed by atoms with Crippen molar-refractivity contribution in [3.63, 3.8) is 0 Å². The van der Waals surface area contributed by atoms with Gasteiger partial charge in [0.1, 0.15) is 4.33 Å². The number of nitro groups is 1. The molecule has 0 saturated heterocycles. The minimum Gasteiger partial charge on any atom is -0.250 e. The van der Waals surface area contributed by atoms with Gasteiger partial charge in [-0.05, 0) is 0 Å². The second kappa shape index (κ2) is 2.29. The van der Waals surface area contributed by atoms with Crippen molar-refractivity contribution < 1.29 is 4.33 Å². The van der Waals surface area contributed by atoms with E-state index in [1.807, 2.05) is 0 Å². The predicted octanol–water partition coefficient (Wildman–Crippen LogP) is 1.07. The van der Waals surface area contributed by atoms with E-state index in [2.05, 4.69) is 10.7 Å². The van der Waals surface area contributed by atoms with Crippen LogP contribution >= 0.6 is 21.8 Å². The fourth-order valence-electron chi connectivity index (χ4n) is 0. The third kappa shape index (κ3) is 4.04. The summed E-state index contributed by atoms with van der Waals surface area (Å²) in [6.45, 7) is 0. The molecule has 0 spiro atoms. The molecule has 0 rings (SSSR count). The highest BCUT2D eigenvalue weighted by atomic mass is 35.7. The van der Waals surface area contributed by atoms with Crippen LogP contribution in [0.2, 0.25) is 0 Å². The van der Waals surface area contributed by atoms with Gasteiger partial charge in [-0.25, -0.2) is 10.1 Å². The lowest BCUT2D eigenvalue weighted by molar-refractivity contribution is -0.280. The number of nitrogens with zero attached hydrogens (tertiary/aromatic N) is 1. The molecule has 0 aromatic rings. The second-order valence-electron chi connectivity index (χ2n) is 0.293. The highest BCUT2D eigenvalue weighted by molar-refractivity contribution is 8.16. The smallest absolute Gasteiger partial charge is 0.250 e. The second-order valence-corrected chi connectivity index (χ2v) is 1.14. The first-order valence-corrected chi connectivity index (χ1v) is 2.30. The van der Waals surface area contributed by atoms with Gasteiger partial charge in [0.05, 0.1) is 0 Å². The van der Waals surface area contributed by atoms with Crippen molar-refractivity contribution in [1.29, 1.82) is 0 Å². The van der Waals surface area contributed by atoms with Gasteiger partial charge in [-0.15, -0.1) is 0 Å². The van der Waals surface area contributed by atoms with Crippen molar-refractivity contribution in [2.24, 2.45) is 0 Å². The van der Waals surface area contributed by atoms with Crippen molar-refractivity contribution in [2.75, 3.05) is 0 Å². The summed E-state index contributed by atoms with van der Waals surface area (Å²) in [6.07, 6.45) is 0. The molecular weight excluding hydrogens is 114 g/mol. The lowest BCUT2D eigenvalue weighted by Gasteiger charge is -1.66. The molecule has 30 valence electrons. The first-order chi connectivity index (χ1) is 2.27. The summed E-state index contributed by atoms with van der Waals surface area (Å²) >= 11 is 0.0741. The number of hydrogen-bond acceptors (Lipinski definition) is 3. The molecule has 0 bridgehead atoms. The molecule has 0 radical (unpaired) electrons. The first kappa shape index (κ1) is 5.04. The Morgan fingerprint density at radius 2 is 2.20 bits per heavy atom. The van der Waals surface area contributed by atoms with Crippen LogP contribution in [0.15, 0.2) is 0 Å². The maximum absolute atomic E-state index is 9.00. The molecule has 0 fully saturated rings. The zero-order valence-electron chi connectivity index (χ0n) is 2.05. The fraction of sp³-hybridized carbons (Fsp3) is 0. The molecule has 3 nitrogen and oxygen atoms in total. The summed E-state index contributed by atoms with van der Waals surface area (Å²) in [6, 6.07) is 0. The highest BCUT2D eigenvalue weighted by Gasteiger charge is 1.86. The van der Waals surface area contributed by atoms with Gasteiger partial charge in [0.25, 0.3) is 0 Å². The molecule has 0 aromatic carbocycles. The van der Waals surface area contributed by atoms with Crippen LogP contribution in [0.5, 0.6) is 0 Å². The molecule has 0 aromatic heterocycles. The Morgan fingerprint density at radius 1 is 2.00 bits per heavy atom. The van der Waals surface area contributed by atoms with Gasteiger partial charge in [0.2, 0.25) is 0 Å². The van der Waals surface area contributed by atoms with E-state index in [-0.39, 0.29) is 11.2 Å². The van der Waals surface area contributed by atoms with Crippen molar-refractivity contribution in [1.82, 2.24) is 0 Å². The lowest BCUT2D eigenvalue weighted by Crippen LogP contribution is -1.71. The van der Waals surface area contributed by atoms with E-state index in [1.54, 1.807) is 0 Å². The summed E-state index contributed by atoms with van der Waals surface area (Å²) in [7, 11) is 4.55. The molecular formula is ClNO2S. The van der Waals surface area contributed by atoms with E-state index in [0.29, 0.717) is 0 Å². The number of rotatable bonds is 1. The zero-order chi connectivity index (χ0) is 4.28. The summed E-state index contributed by atoms with van der Waals surface area (Å²) in [5, 5.41) is 9.00. The highest BCUT2D eigenvalue weighted by Crippen LogP contribution is 2.02. The average molecular weight is 114 g/mol. The maximum Gasteiger partial charge on any atom is 0.341 e. The molecule has 0 unspecified atom stereocenters. The van der Waals surface area contributed by atoms with Gasteiger partial charge in [-0.1, -0.05) is 0 Å².